The first-order valence-corrected chi connectivity index (χ1v) is 6.89. The largest absolute Gasteiger partial charge is 0.373 e. The first-order valence-electron chi connectivity index (χ1n) is 6.89. The molecule has 3 heterocycles. The number of ether oxygens (including phenoxy) is 1. The predicted octanol–water partition coefficient (Wildman–Crippen LogP) is 0.523. The number of carbonyl (C=O) groups is 1. The molecule has 1 atom stereocenters. The Kier molecular flexibility index (Phi) is 3.92. The molecule has 1 unspecified atom stereocenters. The topological polar surface area (TPSA) is 73.1 Å². The van der Waals surface area contributed by atoms with E-state index in [0.717, 1.165) is 5.56 Å². The van der Waals surface area contributed by atoms with Crippen molar-refractivity contribution in [1.82, 2.24) is 24.9 Å². The van der Waals surface area contributed by atoms with Crippen molar-refractivity contribution in [2.24, 2.45) is 0 Å². The van der Waals surface area contributed by atoms with Crippen molar-refractivity contribution in [3.8, 4) is 0 Å². The lowest BCUT2D eigenvalue weighted by atomic mass is 10.1. The number of amides is 1. The van der Waals surface area contributed by atoms with Crippen LogP contribution in [0.1, 0.15) is 15.9 Å². The molecular formula is C14H17N5O2. The molecule has 7 nitrogen and oxygen atoms in total. The average Bonchev–Trinajstić information content (AvgIpc) is 3.00. The zero-order valence-corrected chi connectivity index (χ0v) is 11.8. The lowest BCUT2D eigenvalue weighted by Gasteiger charge is -2.33. The van der Waals surface area contributed by atoms with Gasteiger partial charge in [-0.05, 0) is 18.6 Å². The second-order valence-electron chi connectivity index (χ2n) is 5.06. The molecular weight excluding hydrogens is 270 g/mol. The number of aryl methyl sites for hydroxylation is 1. The molecule has 1 aliphatic heterocycles. The van der Waals surface area contributed by atoms with Gasteiger partial charge in [0.05, 0.1) is 31.0 Å². The minimum absolute atomic E-state index is 0.00694. The highest BCUT2D eigenvalue weighted by Gasteiger charge is 2.26. The van der Waals surface area contributed by atoms with Crippen LogP contribution in [0.25, 0.3) is 0 Å². The van der Waals surface area contributed by atoms with E-state index in [4.69, 9.17) is 4.74 Å². The Labute approximate surface area is 122 Å². The number of rotatable bonds is 3. The van der Waals surface area contributed by atoms with Crippen LogP contribution < -0.4 is 0 Å². The lowest BCUT2D eigenvalue weighted by molar-refractivity contribution is -0.0302. The maximum atomic E-state index is 12.6. The van der Waals surface area contributed by atoms with Crippen LogP contribution in [0.4, 0.5) is 0 Å². The van der Waals surface area contributed by atoms with E-state index in [1.165, 1.54) is 0 Å². The predicted molar refractivity (Wildman–Crippen MR) is 74.6 cm³/mol. The van der Waals surface area contributed by atoms with Crippen LogP contribution in [0.3, 0.4) is 0 Å². The summed E-state index contributed by atoms with van der Waals surface area (Å²) in [4.78, 5) is 18.4. The van der Waals surface area contributed by atoms with Crippen molar-refractivity contribution < 1.29 is 9.53 Å². The van der Waals surface area contributed by atoms with Gasteiger partial charge in [-0.15, -0.1) is 5.10 Å². The highest BCUT2D eigenvalue weighted by Crippen LogP contribution is 2.13. The number of nitrogens with zero attached hydrogens (tertiary/aromatic N) is 5. The Hall–Kier alpha value is -2.28. The first-order chi connectivity index (χ1) is 10.2. The first kappa shape index (κ1) is 13.7. The zero-order chi connectivity index (χ0) is 14.7. The van der Waals surface area contributed by atoms with Gasteiger partial charge in [-0.1, -0.05) is 5.21 Å². The standard InChI is InChI=1S/C14H17N5O2/c1-11-2-3-15-8-13(11)14(20)18-6-7-21-12(9-18)10-19-5-4-16-17-19/h2-5,8,12H,6-7,9-10H2,1H3. The van der Waals surface area contributed by atoms with E-state index in [1.54, 1.807) is 29.5 Å². The monoisotopic (exact) mass is 287 g/mol. The van der Waals surface area contributed by atoms with Gasteiger partial charge in [0.15, 0.2) is 0 Å². The van der Waals surface area contributed by atoms with Crippen LogP contribution in [-0.4, -0.2) is 56.6 Å². The Balaban J connectivity index is 1.68. The maximum absolute atomic E-state index is 12.6. The molecule has 0 spiro atoms. The average molecular weight is 287 g/mol. The molecule has 1 aliphatic rings. The molecule has 0 aliphatic carbocycles. The smallest absolute Gasteiger partial charge is 0.255 e. The zero-order valence-electron chi connectivity index (χ0n) is 11.8. The summed E-state index contributed by atoms with van der Waals surface area (Å²) in [5, 5.41) is 7.70. The van der Waals surface area contributed by atoms with Crippen LogP contribution in [0.2, 0.25) is 0 Å². The number of aromatic nitrogens is 4. The van der Waals surface area contributed by atoms with Gasteiger partial charge in [0.2, 0.25) is 0 Å². The Morgan fingerprint density at radius 1 is 1.48 bits per heavy atom. The summed E-state index contributed by atoms with van der Waals surface area (Å²) in [5.41, 5.74) is 1.59. The number of carbonyl (C=O) groups excluding carboxylic acids is 1. The van der Waals surface area contributed by atoms with Gasteiger partial charge in [0, 0.05) is 31.7 Å². The molecule has 0 saturated carbocycles. The molecule has 1 fully saturated rings. The maximum Gasteiger partial charge on any atom is 0.255 e. The molecule has 3 rings (SSSR count). The fraction of sp³-hybridized carbons (Fsp3) is 0.429. The van der Waals surface area contributed by atoms with Gasteiger partial charge < -0.3 is 9.64 Å². The number of pyridine rings is 1. The van der Waals surface area contributed by atoms with E-state index in [2.05, 4.69) is 15.3 Å². The van der Waals surface area contributed by atoms with E-state index in [1.807, 2.05) is 17.9 Å². The van der Waals surface area contributed by atoms with Crippen molar-refractivity contribution in [3.63, 3.8) is 0 Å². The van der Waals surface area contributed by atoms with Gasteiger partial charge in [0.25, 0.3) is 5.91 Å². The van der Waals surface area contributed by atoms with Gasteiger partial charge in [-0.3, -0.25) is 9.78 Å². The van der Waals surface area contributed by atoms with Gasteiger partial charge in [0.1, 0.15) is 0 Å². The van der Waals surface area contributed by atoms with Crippen molar-refractivity contribution in [2.45, 2.75) is 19.6 Å². The summed E-state index contributed by atoms with van der Waals surface area (Å²) in [6, 6.07) is 1.85. The van der Waals surface area contributed by atoms with E-state index in [0.29, 0.717) is 31.8 Å². The van der Waals surface area contributed by atoms with Gasteiger partial charge in [-0.2, -0.15) is 0 Å². The highest BCUT2D eigenvalue weighted by molar-refractivity contribution is 5.95. The minimum atomic E-state index is -0.0682. The third kappa shape index (κ3) is 3.08. The van der Waals surface area contributed by atoms with E-state index >= 15 is 0 Å². The summed E-state index contributed by atoms with van der Waals surface area (Å²) in [7, 11) is 0. The number of hydrogen-bond acceptors (Lipinski definition) is 5. The van der Waals surface area contributed by atoms with E-state index in [9.17, 15) is 4.79 Å². The Morgan fingerprint density at radius 3 is 3.14 bits per heavy atom. The highest BCUT2D eigenvalue weighted by atomic mass is 16.5. The second-order valence-corrected chi connectivity index (χ2v) is 5.06. The normalized spacial score (nSPS) is 18.7. The number of morpholine rings is 1. The summed E-state index contributed by atoms with van der Waals surface area (Å²) >= 11 is 0. The Bertz CT molecular complexity index is 614. The summed E-state index contributed by atoms with van der Waals surface area (Å²) in [5.74, 6) is 0.00694. The molecule has 0 radical (unpaired) electrons. The van der Waals surface area contributed by atoms with Crippen molar-refractivity contribution >= 4 is 5.91 Å². The Morgan fingerprint density at radius 2 is 2.38 bits per heavy atom. The van der Waals surface area contributed by atoms with Crippen LogP contribution in [0.5, 0.6) is 0 Å². The quantitative estimate of drug-likeness (QED) is 0.823. The molecule has 7 heteroatoms. The fourth-order valence-electron chi connectivity index (χ4n) is 2.41. The lowest BCUT2D eigenvalue weighted by Crippen LogP contribution is -2.47. The molecule has 1 saturated heterocycles. The summed E-state index contributed by atoms with van der Waals surface area (Å²) in [6.45, 7) is 4.19. The van der Waals surface area contributed by atoms with E-state index < -0.39 is 0 Å². The van der Waals surface area contributed by atoms with Crippen LogP contribution in [0, 0.1) is 6.92 Å². The van der Waals surface area contributed by atoms with Crippen LogP contribution in [-0.2, 0) is 11.3 Å². The molecule has 21 heavy (non-hydrogen) atoms. The molecule has 1 amide bonds. The summed E-state index contributed by atoms with van der Waals surface area (Å²) in [6.07, 6.45) is 6.67. The van der Waals surface area contributed by atoms with Crippen LogP contribution >= 0.6 is 0 Å². The van der Waals surface area contributed by atoms with Crippen molar-refractivity contribution in [2.75, 3.05) is 19.7 Å². The molecule has 110 valence electrons. The molecule has 2 aromatic rings. The van der Waals surface area contributed by atoms with Crippen molar-refractivity contribution in [3.05, 3.63) is 42.0 Å². The van der Waals surface area contributed by atoms with Gasteiger partial charge >= 0.3 is 0 Å². The number of hydrogen-bond donors (Lipinski definition) is 0. The van der Waals surface area contributed by atoms with Crippen molar-refractivity contribution in [1.29, 1.82) is 0 Å². The van der Waals surface area contributed by atoms with Gasteiger partial charge in [-0.25, -0.2) is 4.68 Å². The fourth-order valence-corrected chi connectivity index (χ4v) is 2.41. The molecule has 2 aromatic heterocycles. The van der Waals surface area contributed by atoms with E-state index in [-0.39, 0.29) is 12.0 Å². The minimum Gasteiger partial charge on any atom is -0.373 e. The molecule has 0 bridgehead atoms. The third-order valence-electron chi connectivity index (χ3n) is 3.56. The second kappa shape index (κ2) is 6.01. The van der Waals surface area contributed by atoms with Crippen LogP contribution in [0.15, 0.2) is 30.9 Å². The molecule has 0 N–H and O–H groups in total. The third-order valence-corrected chi connectivity index (χ3v) is 3.56. The molecule has 0 aromatic carbocycles. The summed E-state index contributed by atoms with van der Waals surface area (Å²) < 4.78 is 7.42. The SMILES string of the molecule is Cc1ccncc1C(=O)N1CCOC(Cn2ccnn2)C1.